The van der Waals surface area contributed by atoms with Crippen molar-refractivity contribution in [3.05, 3.63) is 114 Å². The summed E-state index contributed by atoms with van der Waals surface area (Å²) in [7, 11) is 4.12. The van der Waals surface area contributed by atoms with Crippen molar-refractivity contribution in [3.63, 3.8) is 0 Å². The maximum Gasteiger partial charge on any atom is 0.127 e. The van der Waals surface area contributed by atoms with Gasteiger partial charge in [0.05, 0.1) is 12.0 Å². The van der Waals surface area contributed by atoms with E-state index >= 15 is 4.39 Å². The van der Waals surface area contributed by atoms with Crippen molar-refractivity contribution < 1.29 is 4.39 Å². The highest BCUT2D eigenvalue weighted by Crippen LogP contribution is 2.29. The Morgan fingerprint density at radius 3 is 2.61 bits per heavy atom. The molecule has 1 aliphatic heterocycles. The van der Waals surface area contributed by atoms with Gasteiger partial charge in [-0.15, -0.1) is 0 Å². The summed E-state index contributed by atoms with van der Waals surface area (Å²) in [4.78, 5) is 9.20. The van der Waals surface area contributed by atoms with Crippen molar-refractivity contribution in [2.24, 2.45) is 7.05 Å². The molecule has 0 amide bonds. The summed E-state index contributed by atoms with van der Waals surface area (Å²) < 4.78 is 19.5. The van der Waals surface area contributed by atoms with E-state index in [0.717, 1.165) is 49.4 Å². The summed E-state index contributed by atoms with van der Waals surface area (Å²) in [6, 6.07) is 25.4. The third-order valence-electron chi connectivity index (χ3n) is 7.56. The minimum Gasteiger partial charge on any atom is -0.340 e. The van der Waals surface area contributed by atoms with Crippen LogP contribution in [-0.2, 0) is 39.6 Å². The average Bonchev–Trinajstić information content (AvgIpc) is 3.50. The number of aromatic nitrogens is 3. The normalized spacial score (nSPS) is 15.6. The van der Waals surface area contributed by atoms with Crippen molar-refractivity contribution >= 4 is 10.9 Å². The highest BCUT2D eigenvalue weighted by atomic mass is 19.1. The Hall–Kier alpha value is -3.74. The van der Waals surface area contributed by atoms with Crippen molar-refractivity contribution in [2.75, 3.05) is 20.1 Å². The minimum atomic E-state index is -0.148. The van der Waals surface area contributed by atoms with Gasteiger partial charge in [-0.05, 0) is 54.4 Å². The average molecular weight is 508 g/mol. The quantitative estimate of drug-likeness (QED) is 0.299. The molecule has 0 N–H and O–H groups in total. The van der Waals surface area contributed by atoms with Gasteiger partial charge in [-0.3, -0.25) is 4.90 Å². The standard InChI is InChI=1S/C32H34FN5/c1-35-13-12-24-6-5-8-26(16-24)32-18-27-7-3-4-9-31(27)38(32)15-14-37(22-29-21-36(2)23-34-29)20-28-17-25(19-35)10-11-30(28)33/h3-11,16-18,21,23H,12-15,19-20,22H2,1-2H3. The van der Waals surface area contributed by atoms with E-state index in [4.69, 9.17) is 0 Å². The maximum atomic E-state index is 15.1. The lowest BCUT2D eigenvalue weighted by molar-refractivity contribution is 0.241. The molecule has 2 aromatic heterocycles. The summed E-state index contributed by atoms with van der Waals surface area (Å²) in [6.45, 7) is 4.49. The van der Waals surface area contributed by atoms with Crippen LogP contribution in [0.1, 0.15) is 22.4 Å². The Morgan fingerprint density at radius 1 is 0.842 bits per heavy atom. The molecule has 0 spiro atoms. The number of hydrogen-bond acceptors (Lipinski definition) is 3. The van der Waals surface area contributed by atoms with Crippen LogP contribution in [0.3, 0.4) is 0 Å². The first-order chi connectivity index (χ1) is 18.5. The summed E-state index contributed by atoms with van der Waals surface area (Å²) in [5.41, 5.74) is 7.88. The number of nitrogens with zero attached hydrogens (tertiary/aromatic N) is 5. The van der Waals surface area contributed by atoms with E-state index in [1.165, 1.54) is 27.7 Å². The number of fused-ring (bicyclic) bond motifs is 8. The van der Waals surface area contributed by atoms with Crippen molar-refractivity contribution in [2.45, 2.75) is 32.6 Å². The summed E-state index contributed by atoms with van der Waals surface area (Å²) in [5, 5.41) is 1.24. The van der Waals surface area contributed by atoms with E-state index in [1.54, 1.807) is 6.07 Å². The lowest BCUT2D eigenvalue weighted by Crippen LogP contribution is -2.28. The van der Waals surface area contributed by atoms with Crippen LogP contribution in [0.5, 0.6) is 0 Å². The fourth-order valence-corrected chi connectivity index (χ4v) is 5.61. The second kappa shape index (κ2) is 10.6. The van der Waals surface area contributed by atoms with Crippen molar-refractivity contribution in [1.29, 1.82) is 0 Å². The minimum absolute atomic E-state index is 0.148. The second-order valence-electron chi connectivity index (χ2n) is 10.6. The van der Waals surface area contributed by atoms with Gasteiger partial charge in [0, 0.05) is 74.7 Å². The molecule has 0 fully saturated rings. The molecule has 1 aliphatic rings. The van der Waals surface area contributed by atoms with E-state index in [0.29, 0.717) is 13.1 Å². The Morgan fingerprint density at radius 2 is 1.74 bits per heavy atom. The summed E-state index contributed by atoms with van der Waals surface area (Å²) in [5.74, 6) is -0.148. The lowest BCUT2D eigenvalue weighted by atomic mass is 10.0. The van der Waals surface area contributed by atoms with Gasteiger partial charge < -0.3 is 14.0 Å². The van der Waals surface area contributed by atoms with Gasteiger partial charge in [0.15, 0.2) is 0 Å². The SMILES string of the molecule is CN1CCc2cccc(c2)-c2cc3ccccc3n2CCN(Cc2cn(C)cn2)Cc2cc(ccc2F)C1. The van der Waals surface area contributed by atoms with Crippen LogP contribution in [0.4, 0.5) is 4.39 Å². The zero-order valence-electron chi connectivity index (χ0n) is 22.1. The van der Waals surface area contributed by atoms with Crippen molar-refractivity contribution in [3.8, 4) is 11.3 Å². The predicted molar refractivity (Wildman–Crippen MR) is 151 cm³/mol. The van der Waals surface area contributed by atoms with Gasteiger partial charge in [0.1, 0.15) is 5.82 Å². The number of imidazole rings is 1. The molecule has 5 nitrogen and oxygen atoms in total. The topological polar surface area (TPSA) is 29.2 Å². The van der Waals surface area contributed by atoms with Crippen LogP contribution < -0.4 is 0 Å². The van der Waals surface area contributed by atoms with Gasteiger partial charge in [0.25, 0.3) is 0 Å². The molecular formula is C32H34FN5. The molecule has 0 unspecified atom stereocenters. The number of benzene rings is 3. The number of hydrogen-bond donors (Lipinski definition) is 0. The molecule has 5 aromatic rings. The molecule has 38 heavy (non-hydrogen) atoms. The molecule has 0 atom stereocenters. The molecule has 0 aliphatic carbocycles. The summed E-state index contributed by atoms with van der Waals surface area (Å²) >= 11 is 0. The largest absolute Gasteiger partial charge is 0.340 e. The van der Waals surface area contributed by atoms with Gasteiger partial charge in [-0.2, -0.15) is 0 Å². The van der Waals surface area contributed by atoms with Crippen LogP contribution >= 0.6 is 0 Å². The third kappa shape index (κ3) is 5.28. The zero-order chi connectivity index (χ0) is 26.1. The highest BCUT2D eigenvalue weighted by Gasteiger charge is 2.17. The maximum absolute atomic E-state index is 15.1. The fourth-order valence-electron chi connectivity index (χ4n) is 5.61. The molecule has 194 valence electrons. The molecule has 0 saturated carbocycles. The second-order valence-corrected chi connectivity index (χ2v) is 10.6. The molecule has 6 heteroatoms. The fraction of sp³-hybridized carbons (Fsp3) is 0.281. The molecule has 3 heterocycles. The number of para-hydroxylation sites is 1. The number of halogens is 1. The Bertz CT molecular complexity index is 1570. The number of likely N-dealkylation sites (N-methyl/N-ethyl adjacent to an activating group) is 1. The molecule has 3 aromatic carbocycles. The van der Waals surface area contributed by atoms with E-state index in [2.05, 4.69) is 81.0 Å². The third-order valence-corrected chi connectivity index (χ3v) is 7.56. The number of aryl methyl sites for hydroxylation is 1. The Kier molecular flexibility index (Phi) is 6.83. The van der Waals surface area contributed by atoms with Gasteiger partial charge in [-0.25, -0.2) is 9.37 Å². The highest BCUT2D eigenvalue weighted by molar-refractivity contribution is 5.87. The van der Waals surface area contributed by atoms with E-state index < -0.39 is 0 Å². The van der Waals surface area contributed by atoms with Gasteiger partial charge in [-0.1, -0.05) is 48.5 Å². The lowest BCUT2D eigenvalue weighted by Gasteiger charge is -2.24. The number of rotatable bonds is 2. The van der Waals surface area contributed by atoms with Gasteiger partial charge >= 0.3 is 0 Å². The van der Waals surface area contributed by atoms with Gasteiger partial charge in [0.2, 0.25) is 0 Å². The van der Waals surface area contributed by atoms with E-state index in [1.807, 2.05) is 36.3 Å². The molecule has 0 radical (unpaired) electrons. The Labute approximate surface area is 223 Å². The summed E-state index contributed by atoms with van der Waals surface area (Å²) in [6.07, 6.45) is 4.84. The van der Waals surface area contributed by atoms with Crippen LogP contribution in [-0.4, -0.2) is 44.1 Å². The first kappa shape index (κ1) is 24.6. The van der Waals surface area contributed by atoms with Crippen LogP contribution in [0, 0.1) is 5.82 Å². The predicted octanol–water partition coefficient (Wildman–Crippen LogP) is 5.87. The zero-order valence-corrected chi connectivity index (χ0v) is 22.1. The van der Waals surface area contributed by atoms with Crippen LogP contribution in [0.2, 0.25) is 0 Å². The molecule has 0 saturated heterocycles. The molecule has 4 bridgehead atoms. The first-order valence-corrected chi connectivity index (χ1v) is 13.3. The molecule has 6 rings (SSSR count). The van der Waals surface area contributed by atoms with E-state index in [-0.39, 0.29) is 5.82 Å². The Balaban J connectivity index is 1.43. The van der Waals surface area contributed by atoms with Crippen LogP contribution in [0.15, 0.2) is 85.3 Å². The smallest absolute Gasteiger partial charge is 0.127 e. The van der Waals surface area contributed by atoms with Crippen LogP contribution in [0.25, 0.3) is 22.2 Å². The monoisotopic (exact) mass is 507 g/mol. The molecular weight excluding hydrogens is 473 g/mol. The van der Waals surface area contributed by atoms with E-state index in [9.17, 15) is 0 Å². The first-order valence-electron chi connectivity index (χ1n) is 13.3. The van der Waals surface area contributed by atoms with Crippen molar-refractivity contribution in [1.82, 2.24) is 23.9 Å².